The third-order valence-corrected chi connectivity index (χ3v) is 3.55. The second kappa shape index (κ2) is 5.15. The molecule has 0 aliphatic carbocycles. The summed E-state index contributed by atoms with van der Waals surface area (Å²) in [5.74, 6) is 0. The lowest BCUT2D eigenvalue weighted by Gasteiger charge is -2.37. The first-order valence-corrected chi connectivity index (χ1v) is 6.46. The number of rotatable bonds is 3. The molecule has 3 nitrogen and oxygen atoms in total. The monoisotopic (exact) mass is 234 g/mol. The van der Waals surface area contributed by atoms with Crippen molar-refractivity contribution in [1.82, 2.24) is 9.88 Å². The quantitative estimate of drug-likeness (QED) is 0.864. The second-order valence-corrected chi connectivity index (χ2v) is 5.25. The lowest BCUT2D eigenvalue weighted by Crippen LogP contribution is -2.48. The first-order chi connectivity index (χ1) is 8.11. The summed E-state index contributed by atoms with van der Waals surface area (Å²) in [5.41, 5.74) is 1.66. The molecule has 0 saturated carbocycles. The largest absolute Gasteiger partial charge is 0.388 e. The van der Waals surface area contributed by atoms with Crippen molar-refractivity contribution in [2.45, 2.75) is 38.2 Å². The molecule has 1 N–H and O–H groups in total. The number of pyridine rings is 1. The predicted octanol–water partition coefficient (Wildman–Crippen LogP) is 1.64. The molecule has 0 bridgehead atoms. The summed E-state index contributed by atoms with van der Waals surface area (Å²) >= 11 is 0. The molecule has 3 heteroatoms. The van der Waals surface area contributed by atoms with Gasteiger partial charge in [0.2, 0.25) is 0 Å². The van der Waals surface area contributed by atoms with Crippen molar-refractivity contribution in [1.29, 1.82) is 0 Å². The van der Waals surface area contributed by atoms with Crippen LogP contribution in [0.4, 0.5) is 0 Å². The molecule has 1 unspecified atom stereocenters. The van der Waals surface area contributed by atoms with E-state index in [1.807, 2.05) is 12.3 Å². The van der Waals surface area contributed by atoms with Gasteiger partial charge in [-0.1, -0.05) is 13.0 Å². The number of aliphatic hydroxyl groups is 1. The maximum Gasteiger partial charge on any atom is 0.0829 e. The van der Waals surface area contributed by atoms with E-state index in [-0.39, 0.29) is 0 Å². The summed E-state index contributed by atoms with van der Waals surface area (Å²) in [5, 5.41) is 10.5. The normalized spacial score (nSPS) is 26.1. The second-order valence-electron chi connectivity index (χ2n) is 5.25. The summed E-state index contributed by atoms with van der Waals surface area (Å²) in [4.78, 5) is 6.63. The van der Waals surface area contributed by atoms with E-state index in [9.17, 15) is 5.11 Å². The van der Waals surface area contributed by atoms with Gasteiger partial charge in [-0.25, -0.2) is 0 Å². The van der Waals surface area contributed by atoms with E-state index >= 15 is 0 Å². The van der Waals surface area contributed by atoms with Gasteiger partial charge in [-0.3, -0.25) is 4.98 Å². The highest BCUT2D eigenvalue weighted by atomic mass is 16.3. The van der Waals surface area contributed by atoms with Crippen molar-refractivity contribution in [3.05, 3.63) is 29.6 Å². The maximum absolute atomic E-state index is 10.5. The van der Waals surface area contributed by atoms with E-state index in [2.05, 4.69) is 29.9 Å². The highest BCUT2D eigenvalue weighted by Crippen LogP contribution is 2.23. The minimum Gasteiger partial charge on any atom is -0.388 e. The zero-order valence-corrected chi connectivity index (χ0v) is 10.8. The van der Waals surface area contributed by atoms with Gasteiger partial charge < -0.3 is 10.0 Å². The van der Waals surface area contributed by atoms with Gasteiger partial charge in [0, 0.05) is 24.9 Å². The van der Waals surface area contributed by atoms with Gasteiger partial charge in [-0.2, -0.15) is 0 Å². The summed E-state index contributed by atoms with van der Waals surface area (Å²) in [7, 11) is 2.07. The smallest absolute Gasteiger partial charge is 0.0829 e. The number of aryl methyl sites for hydroxylation is 1. The Morgan fingerprint density at radius 3 is 2.88 bits per heavy atom. The van der Waals surface area contributed by atoms with E-state index in [1.54, 1.807) is 0 Å². The molecule has 1 aliphatic heterocycles. The number of aromatic nitrogens is 1. The van der Waals surface area contributed by atoms with Crippen LogP contribution in [-0.2, 0) is 12.8 Å². The summed E-state index contributed by atoms with van der Waals surface area (Å²) in [6.07, 6.45) is 5.56. The zero-order valence-electron chi connectivity index (χ0n) is 10.8. The van der Waals surface area contributed by atoms with Crippen LogP contribution in [0.15, 0.2) is 18.3 Å². The molecule has 0 aromatic carbocycles. The zero-order chi connectivity index (χ0) is 12.3. The molecular weight excluding hydrogens is 212 g/mol. The highest BCUT2D eigenvalue weighted by Gasteiger charge is 2.32. The molecule has 94 valence electrons. The molecule has 0 radical (unpaired) electrons. The fraction of sp³-hybridized carbons (Fsp3) is 0.643. The Bertz CT molecular complexity index is 363. The molecule has 1 aliphatic rings. The Hall–Kier alpha value is -0.930. The molecule has 1 aromatic rings. The standard InChI is InChI=1S/C14H22N2O/c1-3-12-5-6-13(15-10-12)9-14(17)7-4-8-16(2)11-14/h5-6,10,17H,3-4,7-9,11H2,1-2H3. The van der Waals surface area contributed by atoms with Crippen molar-refractivity contribution >= 4 is 0 Å². The first-order valence-electron chi connectivity index (χ1n) is 6.46. The minimum absolute atomic E-state index is 0.590. The number of β-amino-alcohol motifs (C(OH)–C–C–N with tert-alkyl or cyclic N) is 1. The third-order valence-electron chi connectivity index (χ3n) is 3.55. The molecule has 1 atom stereocenters. The Morgan fingerprint density at radius 2 is 2.29 bits per heavy atom. The van der Waals surface area contributed by atoms with Crippen LogP contribution in [0.5, 0.6) is 0 Å². The molecule has 1 aromatic heterocycles. The van der Waals surface area contributed by atoms with E-state index in [0.29, 0.717) is 6.42 Å². The SMILES string of the molecule is CCc1ccc(CC2(O)CCCN(C)C2)nc1. The van der Waals surface area contributed by atoms with E-state index in [1.165, 1.54) is 5.56 Å². The molecule has 1 saturated heterocycles. The Balaban J connectivity index is 2.03. The number of nitrogens with zero attached hydrogens (tertiary/aromatic N) is 2. The molecule has 0 spiro atoms. The van der Waals surface area contributed by atoms with Crippen molar-refractivity contribution < 1.29 is 5.11 Å². The van der Waals surface area contributed by atoms with Crippen molar-refractivity contribution in [3.63, 3.8) is 0 Å². The minimum atomic E-state index is -0.590. The van der Waals surface area contributed by atoms with Gasteiger partial charge in [0.15, 0.2) is 0 Å². The summed E-state index contributed by atoms with van der Waals surface area (Å²) in [6.45, 7) is 3.97. The van der Waals surface area contributed by atoms with Gasteiger partial charge in [-0.15, -0.1) is 0 Å². The Morgan fingerprint density at radius 1 is 1.47 bits per heavy atom. The Labute approximate surface area is 103 Å². The van der Waals surface area contributed by atoms with Crippen LogP contribution in [-0.4, -0.2) is 40.7 Å². The van der Waals surface area contributed by atoms with Crippen molar-refractivity contribution in [3.8, 4) is 0 Å². The predicted molar refractivity (Wildman–Crippen MR) is 69.0 cm³/mol. The van der Waals surface area contributed by atoms with Crippen molar-refractivity contribution in [2.75, 3.05) is 20.1 Å². The number of likely N-dealkylation sites (N-methyl/N-ethyl adjacent to an activating group) is 1. The number of hydrogen-bond acceptors (Lipinski definition) is 3. The van der Waals surface area contributed by atoms with E-state index < -0.39 is 5.60 Å². The first kappa shape index (κ1) is 12.5. The lowest BCUT2D eigenvalue weighted by molar-refractivity contribution is -0.0230. The third kappa shape index (κ3) is 3.27. The van der Waals surface area contributed by atoms with Crippen LogP contribution in [0.1, 0.15) is 31.0 Å². The topological polar surface area (TPSA) is 36.4 Å². The van der Waals surface area contributed by atoms with Crippen LogP contribution in [0.3, 0.4) is 0 Å². The van der Waals surface area contributed by atoms with E-state index in [4.69, 9.17) is 0 Å². The van der Waals surface area contributed by atoms with Gasteiger partial charge >= 0.3 is 0 Å². The number of hydrogen-bond donors (Lipinski definition) is 1. The molecule has 1 fully saturated rings. The molecule has 2 heterocycles. The van der Waals surface area contributed by atoms with Crippen LogP contribution in [0.2, 0.25) is 0 Å². The number of likely N-dealkylation sites (tertiary alicyclic amines) is 1. The maximum atomic E-state index is 10.5. The molecular formula is C14H22N2O. The van der Waals surface area contributed by atoms with Crippen LogP contribution in [0.25, 0.3) is 0 Å². The van der Waals surface area contributed by atoms with E-state index in [0.717, 1.165) is 38.0 Å². The molecule has 2 rings (SSSR count). The Kier molecular flexibility index (Phi) is 3.79. The lowest BCUT2D eigenvalue weighted by atomic mass is 9.88. The van der Waals surface area contributed by atoms with Gasteiger partial charge in [0.05, 0.1) is 5.60 Å². The van der Waals surface area contributed by atoms with Gasteiger partial charge in [0.1, 0.15) is 0 Å². The van der Waals surface area contributed by atoms with Crippen molar-refractivity contribution in [2.24, 2.45) is 0 Å². The highest BCUT2D eigenvalue weighted by molar-refractivity contribution is 5.15. The average molecular weight is 234 g/mol. The van der Waals surface area contributed by atoms with Gasteiger partial charge in [0.25, 0.3) is 0 Å². The average Bonchev–Trinajstić information content (AvgIpc) is 2.29. The summed E-state index contributed by atoms with van der Waals surface area (Å²) in [6, 6.07) is 4.16. The summed E-state index contributed by atoms with van der Waals surface area (Å²) < 4.78 is 0. The van der Waals surface area contributed by atoms with Crippen LogP contribution in [0, 0.1) is 0 Å². The fourth-order valence-electron chi connectivity index (χ4n) is 2.59. The van der Waals surface area contributed by atoms with Gasteiger partial charge in [-0.05, 0) is 44.5 Å². The van der Waals surface area contributed by atoms with Crippen LogP contribution < -0.4 is 0 Å². The molecule has 0 amide bonds. The molecule has 17 heavy (non-hydrogen) atoms. The fourth-order valence-corrected chi connectivity index (χ4v) is 2.59. The van der Waals surface area contributed by atoms with Crippen LogP contribution >= 0.6 is 0 Å². The number of piperidine rings is 1.